The number of carboxylic acid groups (broad SMARTS) is 1. The zero-order valence-corrected chi connectivity index (χ0v) is 9.04. The summed E-state index contributed by atoms with van der Waals surface area (Å²) in [5, 5.41) is 8.18. The molecular formula is C8H11NO5S. The summed E-state index contributed by atoms with van der Waals surface area (Å²) in [6.07, 6.45) is 0.886. The fourth-order valence-electron chi connectivity index (χ4n) is 0.938. The van der Waals surface area contributed by atoms with Gasteiger partial charge in [0.15, 0.2) is 0 Å². The van der Waals surface area contributed by atoms with Crippen molar-refractivity contribution in [3.63, 3.8) is 0 Å². The highest BCUT2D eigenvalue weighted by atomic mass is 32.2. The van der Waals surface area contributed by atoms with Crippen molar-refractivity contribution in [3.8, 4) is 0 Å². The fourth-order valence-corrected chi connectivity index (χ4v) is 2.13. The molecule has 0 aromatic carbocycles. The van der Waals surface area contributed by atoms with Gasteiger partial charge in [-0.3, -0.25) is 0 Å². The summed E-state index contributed by atoms with van der Waals surface area (Å²) in [6.45, 7) is 3.30. The molecule has 0 bridgehead atoms. The molecule has 0 radical (unpaired) electrons. The minimum absolute atomic E-state index is 0.195. The van der Waals surface area contributed by atoms with E-state index in [-0.39, 0.29) is 11.6 Å². The Balaban J connectivity index is 3.01. The molecule has 6 nitrogen and oxygen atoms in total. The molecule has 15 heavy (non-hydrogen) atoms. The quantitative estimate of drug-likeness (QED) is 0.796. The minimum Gasteiger partial charge on any atom is -0.478 e. The van der Waals surface area contributed by atoms with E-state index in [1.54, 1.807) is 13.8 Å². The topological polar surface area (TPSA) is 96.6 Å². The highest BCUT2D eigenvalue weighted by Crippen LogP contribution is 2.13. The smallest absolute Gasteiger partial charge is 0.339 e. The average molecular weight is 233 g/mol. The molecular weight excluding hydrogens is 222 g/mol. The summed E-state index contributed by atoms with van der Waals surface area (Å²) < 4.78 is 29.9. The SMILES string of the molecule is CC(C)NS(=O)(=O)c1cc(C(=O)O)co1. The molecule has 0 aliphatic heterocycles. The minimum atomic E-state index is -3.75. The van der Waals surface area contributed by atoms with Crippen molar-refractivity contribution in [2.45, 2.75) is 25.0 Å². The third-order valence-corrected chi connectivity index (χ3v) is 3.00. The van der Waals surface area contributed by atoms with Crippen LogP contribution in [0.25, 0.3) is 0 Å². The number of carboxylic acids is 1. The van der Waals surface area contributed by atoms with Crippen LogP contribution in [0.5, 0.6) is 0 Å². The van der Waals surface area contributed by atoms with E-state index >= 15 is 0 Å². The van der Waals surface area contributed by atoms with Crippen LogP contribution in [-0.2, 0) is 10.0 Å². The number of aromatic carboxylic acids is 1. The average Bonchev–Trinajstić information content (AvgIpc) is 2.48. The largest absolute Gasteiger partial charge is 0.478 e. The summed E-state index contributed by atoms with van der Waals surface area (Å²) >= 11 is 0. The molecule has 1 aromatic heterocycles. The number of hydrogen-bond acceptors (Lipinski definition) is 4. The highest BCUT2D eigenvalue weighted by Gasteiger charge is 2.21. The molecule has 84 valence electrons. The van der Waals surface area contributed by atoms with E-state index in [0.29, 0.717) is 0 Å². The monoisotopic (exact) mass is 233 g/mol. The van der Waals surface area contributed by atoms with Crippen LogP contribution < -0.4 is 4.72 Å². The lowest BCUT2D eigenvalue weighted by Crippen LogP contribution is -2.29. The van der Waals surface area contributed by atoms with Crippen LogP contribution in [0.4, 0.5) is 0 Å². The van der Waals surface area contributed by atoms with E-state index in [4.69, 9.17) is 5.11 Å². The standard InChI is InChI=1S/C8H11NO5S/c1-5(2)9-15(12,13)7-3-6(4-14-7)8(10)11/h3-5,9H,1-2H3,(H,10,11). The first-order valence-electron chi connectivity index (χ1n) is 4.17. The van der Waals surface area contributed by atoms with Gasteiger partial charge in [-0.15, -0.1) is 0 Å². The van der Waals surface area contributed by atoms with Gasteiger partial charge in [-0.2, -0.15) is 0 Å². The predicted molar refractivity (Wildman–Crippen MR) is 51.1 cm³/mol. The number of furan rings is 1. The Morgan fingerprint density at radius 2 is 2.13 bits per heavy atom. The van der Waals surface area contributed by atoms with Crippen molar-refractivity contribution in [3.05, 3.63) is 17.9 Å². The number of nitrogens with one attached hydrogen (secondary N) is 1. The van der Waals surface area contributed by atoms with Crippen LogP contribution in [0.15, 0.2) is 21.8 Å². The van der Waals surface area contributed by atoms with Crippen molar-refractivity contribution in [1.29, 1.82) is 0 Å². The van der Waals surface area contributed by atoms with Crippen LogP contribution in [0, 0.1) is 0 Å². The maximum atomic E-state index is 11.5. The lowest BCUT2D eigenvalue weighted by molar-refractivity contribution is 0.0696. The van der Waals surface area contributed by atoms with Crippen LogP contribution in [0.1, 0.15) is 24.2 Å². The molecule has 0 saturated carbocycles. The second-order valence-corrected chi connectivity index (χ2v) is 4.88. The molecule has 0 atom stereocenters. The van der Waals surface area contributed by atoms with Crippen molar-refractivity contribution < 1.29 is 22.7 Å². The molecule has 0 fully saturated rings. The molecule has 0 amide bonds. The molecule has 0 saturated heterocycles. The van der Waals surface area contributed by atoms with Gasteiger partial charge in [-0.25, -0.2) is 17.9 Å². The van der Waals surface area contributed by atoms with Gasteiger partial charge < -0.3 is 9.52 Å². The number of carbonyl (C=O) groups is 1. The number of sulfonamides is 1. The van der Waals surface area contributed by atoms with Crippen LogP contribution in [0.2, 0.25) is 0 Å². The molecule has 0 unspecified atom stereocenters. The van der Waals surface area contributed by atoms with E-state index in [1.165, 1.54) is 0 Å². The zero-order valence-electron chi connectivity index (χ0n) is 8.22. The van der Waals surface area contributed by atoms with Gasteiger partial charge in [0.2, 0.25) is 5.09 Å². The number of hydrogen-bond donors (Lipinski definition) is 2. The maximum Gasteiger partial charge on any atom is 0.339 e. The molecule has 1 heterocycles. The van der Waals surface area contributed by atoms with Gasteiger partial charge in [0.1, 0.15) is 6.26 Å². The van der Waals surface area contributed by atoms with E-state index in [1.807, 2.05) is 0 Å². The zero-order chi connectivity index (χ0) is 11.6. The normalized spacial score (nSPS) is 11.9. The third-order valence-electron chi connectivity index (χ3n) is 1.48. The van der Waals surface area contributed by atoms with E-state index < -0.39 is 21.1 Å². The van der Waals surface area contributed by atoms with Gasteiger partial charge in [0, 0.05) is 12.1 Å². The second-order valence-electron chi connectivity index (χ2n) is 3.24. The second kappa shape index (κ2) is 4.03. The Morgan fingerprint density at radius 3 is 2.53 bits per heavy atom. The van der Waals surface area contributed by atoms with Crippen LogP contribution in [0.3, 0.4) is 0 Å². The highest BCUT2D eigenvalue weighted by molar-refractivity contribution is 7.89. The molecule has 0 spiro atoms. The summed E-state index contributed by atoms with van der Waals surface area (Å²) in [7, 11) is -3.75. The first-order chi connectivity index (χ1) is 6.83. The van der Waals surface area contributed by atoms with Crippen molar-refractivity contribution in [2.75, 3.05) is 0 Å². The molecule has 0 aliphatic carbocycles. The summed E-state index contributed by atoms with van der Waals surface area (Å²) in [6, 6.07) is 0.681. The van der Waals surface area contributed by atoms with Gasteiger partial charge in [0.05, 0.1) is 5.56 Å². The summed E-state index contributed by atoms with van der Waals surface area (Å²) in [5.41, 5.74) is -0.195. The lowest BCUT2D eigenvalue weighted by Gasteiger charge is -2.05. The Hall–Kier alpha value is -1.34. The van der Waals surface area contributed by atoms with Gasteiger partial charge in [-0.05, 0) is 13.8 Å². The van der Waals surface area contributed by atoms with Gasteiger partial charge in [-0.1, -0.05) is 0 Å². The molecule has 1 rings (SSSR count). The first kappa shape index (κ1) is 11.7. The van der Waals surface area contributed by atoms with Crippen molar-refractivity contribution in [1.82, 2.24) is 4.72 Å². The van der Waals surface area contributed by atoms with E-state index in [0.717, 1.165) is 12.3 Å². The van der Waals surface area contributed by atoms with Crippen LogP contribution >= 0.6 is 0 Å². The molecule has 7 heteroatoms. The Morgan fingerprint density at radius 1 is 1.53 bits per heavy atom. The maximum absolute atomic E-state index is 11.5. The summed E-state index contributed by atoms with van der Waals surface area (Å²) in [5.74, 6) is -1.23. The van der Waals surface area contributed by atoms with Crippen molar-refractivity contribution in [2.24, 2.45) is 0 Å². The van der Waals surface area contributed by atoms with E-state index in [9.17, 15) is 13.2 Å². The summed E-state index contributed by atoms with van der Waals surface area (Å²) in [4.78, 5) is 10.5. The Labute approximate surface area is 87.0 Å². The number of rotatable bonds is 4. The van der Waals surface area contributed by atoms with Crippen molar-refractivity contribution >= 4 is 16.0 Å². The van der Waals surface area contributed by atoms with E-state index in [2.05, 4.69) is 9.14 Å². The van der Waals surface area contributed by atoms with Gasteiger partial charge in [0.25, 0.3) is 10.0 Å². The molecule has 0 aliphatic rings. The van der Waals surface area contributed by atoms with Crippen LogP contribution in [-0.4, -0.2) is 25.5 Å². The van der Waals surface area contributed by atoms with Gasteiger partial charge >= 0.3 is 5.97 Å². The third kappa shape index (κ3) is 2.80. The molecule has 2 N–H and O–H groups in total. The fraction of sp³-hybridized carbons (Fsp3) is 0.375. The first-order valence-corrected chi connectivity index (χ1v) is 5.65. The Kier molecular flexibility index (Phi) is 3.15. The molecule has 1 aromatic rings. The predicted octanol–water partition coefficient (Wildman–Crippen LogP) is 0.665. The Bertz CT molecular complexity index is 459. The lowest BCUT2D eigenvalue weighted by atomic mass is 10.4.